The zero-order chi connectivity index (χ0) is 20.6. The Balaban J connectivity index is 0.00000144. The third-order valence-corrected chi connectivity index (χ3v) is 7.65. The number of hydrogen-bond donors (Lipinski definition) is 3. The summed E-state index contributed by atoms with van der Waals surface area (Å²) in [7, 11) is -3.78. The first-order valence-corrected chi connectivity index (χ1v) is 11.8. The summed E-state index contributed by atoms with van der Waals surface area (Å²) in [4.78, 5) is 0.280. The van der Waals surface area contributed by atoms with Gasteiger partial charge >= 0.3 is 0 Å². The van der Waals surface area contributed by atoms with Crippen molar-refractivity contribution in [1.29, 1.82) is 0 Å². The lowest BCUT2D eigenvalue weighted by molar-refractivity contribution is 0.390. The highest BCUT2D eigenvalue weighted by Gasteiger charge is 2.26. The second kappa shape index (κ2) is 10.1. The summed E-state index contributed by atoms with van der Waals surface area (Å²) in [6.45, 7) is 2.97. The molecule has 0 radical (unpaired) electrons. The van der Waals surface area contributed by atoms with E-state index in [1.54, 1.807) is 12.1 Å². The second-order valence-corrected chi connectivity index (χ2v) is 9.65. The minimum absolute atomic E-state index is 0. The molecular formula is C23H26Cl2N4O2S. The van der Waals surface area contributed by atoms with Crippen molar-refractivity contribution in [1.82, 2.24) is 15.5 Å². The molecule has 0 amide bonds. The van der Waals surface area contributed by atoms with Crippen molar-refractivity contribution in [2.24, 2.45) is 5.92 Å². The molecule has 0 spiro atoms. The van der Waals surface area contributed by atoms with Crippen LogP contribution in [0.2, 0.25) is 0 Å². The Morgan fingerprint density at radius 2 is 1.59 bits per heavy atom. The van der Waals surface area contributed by atoms with Gasteiger partial charge in [-0.05, 0) is 55.4 Å². The highest BCUT2D eigenvalue weighted by molar-refractivity contribution is 7.91. The molecule has 1 saturated heterocycles. The van der Waals surface area contributed by atoms with Gasteiger partial charge in [0, 0.05) is 17.3 Å². The third-order valence-electron chi connectivity index (χ3n) is 5.90. The lowest BCUT2D eigenvalue weighted by Crippen LogP contribution is -2.31. The topological polar surface area (TPSA) is 86.9 Å². The van der Waals surface area contributed by atoms with Gasteiger partial charge in [-0.3, -0.25) is 5.10 Å². The first-order chi connectivity index (χ1) is 14.6. The summed E-state index contributed by atoms with van der Waals surface area (Å²) in [6, 6.07) is 18.5. The van der Waals surface area contributed by atoms with Gasteiger partial charge in [0.25, 0.3) is 0 Å². The lowest BCUT2D eigenvalue weighted by atomic mass is 9.98. The highest BCUT2D eigenvalue weighted by atomic mass is 35.5. The predicted octanol–water partition coefficient (Wildman–Crippen LogP) is 4.80. The van der Waals surface area contributed by atoms with Crippen LogP contribution in [0.15, 0.2) is 70.6 Å². The molecule has 6 nitrogen and oxygen atoms in total. The Morgan fingerprint density at radius 1 is 0.906 bits per heavy atom. The normalized spacial score (nSPS) is 14.6. The van der Waals surface area contributed by atoms with Gasteiger partial charge in [0.1, 0.15) is 0 Å². The number of benzene rings is 3. The minimum Gasteiger partial charge on any atom is -0.383 e. The Bertz CT molecular complexity index is 1310. The average Bonchev–Trinajstić information content (AvgIpc) is 3.24. The maximum Gasteiger partial charge on any atom is 0.226 e. The largest absolute Gasteiger partial charge is 0.383 e. The maximum atomic E-state index is 13.5. The van der Waals surface area contributed by atoms with E-state index in [-0.39, 0.29) is 34.7 Å². The number of hydrogen-bond acceptors (Lipinski definition) is 5. The van der Waals surface area contributed by atoms with Crippen LogP contribution in [0.1, 0.15) is 12.8 Å². The third kappa shape index (κ3) is 4.43. The van der Waals surface area contributed by atoms with Crippen molar-refractivity contribution in [2.45, 2.75) is 22.8 Å². The van der Waals surface area contributed by atoms with Gasteiger partial charge in [0.05, 0.1) is 16.1 Å². The van der Waals surface area contributed by atoms with Crippen LogP contribution >= 0.6 is 24.8 Å². The molecule has 0 bridgehead atoms. The molecule has 3 aromatic carbocycles. The van der Waals surface area contributed by atoms with E-state index in [4.69, 9.17) is 0 Å². The fourth-order valence-electron chi connectivity index (χ4n) is 4.24. The van der Waals surface area contributed by atoms with Crippen LogP contribution < -0.4 is 10.6 Å². The first kappa shape index (κ1) is 24.3. The number of piperidine rings is 1. The number of aromatic nitrogens is 2. The zero-order valence-corrected chi connectivity index (χ0v) is 19.8. The zero-order valence-electron chi connectivity index (χ0n) is 17.4. The number of para-hydroxylation sites is 1. The number of H-pyrrole nitrogens is 1. The van der Waals surface area contributed by atoms with E-state index in [1.165, 1.54) is 0 Å². The molecule has 2 heterocycles. The Hall–Kier alpha value is -2.32. The Morgan fingerprint density at radius 3 is 2.41 bits per heavy atom. The Kier molecular flexibility index (Phi) is 7.67. The summed E-state index contributed by atoms with van der Waals surface area (Å²) in [6.07, 6.45) is 2.29. The molecule has 0 atom stereocenters. The molecule has 1 aliphatic heterocycles. The molecule has 1 aliphatic rings. The van der Waals surface area contributed by atoms with E-state index >= 15 is 0 Å². The molecule has 4 aromatic rings. The summed E-state index contributed by atoms with van der Waals surface area (Å²) >= 11 is 0. The van der Waals surface area contributed by atoms with E-state index < -0.39 is 9.84 Å². The van der Waals surface area contributed by atoms with Gasteiger partial charge in [0.2, 0.25) is 9.84 Å². The van der Waals surface area contributed by atoms with Crippen molar-refractivity contribution in [3.05, 3.63) is 60.7 Å². The molecule has 5 rings (SSSR count). The quantitative estimate of drug-likeness (QED) is 0.372. The standard InChI is InChI=1S/C23H24N4O2S.2ClH/c28-30(29,21-10-3-6-17-5-1-2-7-18(17)21)23-19-8-4-9-20(22(19)26-27-23)25-15-16-11-13-24-14-12-16;;/h1-10,16,24-25H,11-15H2,(H,26,27);2*1H. The Labute approximate surface area is 199 Å². The van der Waals surface area contributed by atoms with Gasteiger partial charge in [-0.25, -0.2) is 8.42 Å². The van der Waals surface area contributed by atoms with Gasteiger partial charge in [0.15, 0.2) is 5.03 Å². The van der Waals surface area contributed by atoms with Crippen LogP contribution in [0, 0.1) is 5.92 Å². The van der Waals surface area contributed by atoms with E-state index in [2.05, 4.69) is 20.8 Å². The van der Waals surface area contributed by atoms with E-state index in [9.17, 15) is 8.42 Å². The van der Waals surface area contributed by atoms with Crippen LogP contribution in [-0.2, 0) is 9.84 Å². The molecule has 32 heavy (non-hydrogen) atoms. The molecule has 0 unspecified atom stereocenters. The fourth-order valence-corrected chi connectivity index (χ4v) is 5.81. The summed E-state index contributed by atoms with van der Waals surface area (Å²) in [5.74, 6) is 0.614. The first-order valence-electron chi connectivity index (χ1n) is 10.3. The van der Waals surface area contributed by atoms with Gasteiger partial charge in [-0.1, -0.05) is 42.5 Å². The maximum absolute atomic E-state index is 13.5. The van der Waals surface area contributed by atoms with Crippen LogP contribution in [0.4, 0.5) is 5.69 Å². The summed E-state index contributed by atoms with van der Waals surface area (Å²) in [5, 5.41) is 16.4. The van der Waals surface area contributed by atoms with Crippen molar-refractivity contribution in [3.63, 3.8) is 0 Å². The number of aromatic amines is 1. The minimum atomic E-state index is -3.78. The number of halogens is 2. The van der Waals surface area contributed by atoms with Crippen molar-refractivity contribution < 1.29 is 8.42 Å². The number of nitrogens with zero attached hydrogens (tertiary/aromatic N) is 1. The molecular weight excluding hydrogens is 467 g/mol. The average molecular weight is 493 g/mol. The lowest BCUT2D eigenvalue weighted by Gasteiger charge is -2.23. The van der Waals surface area contributed by atoms with E-state index in [0.29, 0.717) is 16.7 Å². The van der Waals surface area contributed by atoms with Crippen LogP contribution in [0.5, 0.6) is 0 Å². The van der Waals surface area contributed by atoms with E-state index in [1.807, 2.05) is 48.5 Å². The van der Waals surface area contributed by atoms with Crippen molar-refractivity contribution in [3.8, 4) is 0 Å². The van der Waals surface area contributed by atoms with E-state index in [0.717, 1.165) is 49.1 Å². The molecule has 0 saturated carbocycles. The smallest absolute Gasteiger partial charge is 0.226 e. The molecule has 1 aromatic heterocycles. The molecule has 9 heteroatoms. The van der Waals surface area contributed by atoms with Crippen LogP contribution in [0.3, 0.4) is 0 Å². The van der Waals surface area contributed by atoms with Gasteiger partial charge < -0.3 is 10.6 Å². The second-order valence-electron chi connectivity index (χ2n) is 7.81. The monoisotopic (exact) mass is 492 g/mol. The summed E-state index contributed by atoms with van der Waals surface area (Å²) < 4.78 is 27.1. The molecule has 0 aliphatic carbocycles. The molecule has 3 N–H and O–H groups in total. The predicted molar refractivity (Wildman–Crippen MR) is 134 cm³/mol. The molecule has 170 valence electrons. The number of rotatable bonds is 5. The number of nitrogens with one attached hydrogen (secondary N) is 3. The van der Waals surface area contributed by atoms with Gasteiger partial charge in [-0.15, -0.1) is 24.8 Å². The number of anilines is 1. The highest BCUT2D eigenvalue weighted by Crippen LogP contribution is 2.33. The van der Waals surface area contributed by atoms with Crippen molar-refractivity contribution in [2.75, 3.05) is 25.0 Å². The van der Waals surface area contributed by atoms with Crippen LogP contribution in [0.25, 0.3) is 21.7 Å². The molecule has 1 fully saturated rings. The summed E-state index contributed by atoms with van der Waals surface area (Å²) in [5.41, 5.74) is 1.61. The number of fused-ring (bicyclic) bond motifs is 2. The SMILES string of the molecule is Cl.Cl.O=S(=O)(c1cccc2ccccc12)c1n[nH]c2c(NCC3CCNCC3)cccc12. The fraction of sp³-hybridized carbons (Fsp3) is 0.261. The van der Waals surface area contributed by atoms with Crippen molar-refractivity contribution >= 4 is 62.0 Å². The van der Waals surface area contributed by atoms with Crippen LogP contribution in [-0.4, -0.2) is 38.2 Å². The number of sulfone groups is 1. The van der Waals surface area contributed by atoms with Gasteiger partial charge in [-0.2, -0.15) is 5.10 Å².